The largest absolute Gasteiger partial charge is 0.388 e. The maximum Gasteiger partial charge on any atom is 0.0830 e. The molecule has 2 unspecified atom stereocenters. The van der Waals surface area contributed by atoms with Crippen molar-refractivity contribution < 1.29 is 5.11 Å². The van der Waals surface area contributed by atoms with Crippen LogP contribution in [0.15, 0.2) is 54.6 Å². The molecule has 2 heteroatoms. The molecule has 0 aromatic heterocycles. The molecule has 1 heterocycles. The average molecular weight is 281 g/mol. The normalized spacial score (nSPS) is 19.7. The molecular formula is C19H23NO. The van der Waals surface area contributed by atoms with Crippen LogP contribution in [0.5, 0.6) is 0 Å². The Balaban J connectivity index is 1.69. The van der Waals surface area contributed by atoms with Crippen LogP contribution in [0.3, 0.4) is 0 Å². The van der Waals surface area contributed by atoms with E-state index < -0.39 is 6.10 Å². The molecule has 0 saturated carbocycles. The van der Waals surface area contributed by atoms with Crippen molar-refractivity contribution in [3.63, 3.8) is 0 Å². The molecule has 0 amide bonds. The summed E-state index contributed by atoms with van der Waals surface area (Å²) in [6, 6.07) is 19.2. The second-order valence-electron chi connectivity index (χ2n) is 5.98. The van der Waals surface area contributed by atoms with E-state index in [4.69, 9.17) is 0 Å². The quantitative estimate of drug-likeness (QED) is 0.917. The van der Waals surface area contributed by atoms with Crippen molar-refractivity contribution in [1.29, 1.82) is 0 Å². The molecule has 1 fully saturated rings. The summed E-state index contributed by atoms with van der Waals surface area (Å²) in [5.41, 5.74) is 3.44. The lowest BCUT2D eigenvalue weighted by molar-refractivity contribution is 0.178. The Hall–Kier alpha value is -1.80. The van der Waals surface area contributed by atoms with Crippen LogP contribution in [-0.4, -0.2) is 17.7 Å². The smallest absolute Gasteiger partial charge is 0.0830 e. The molecule has 110 valence electrons. The third kappa shape index (κ3) is 3.27. The first-order valence-corrected chi connectivity index (χ1v) is 7.82. The Morgan fingerprint density at radius 3 is 2.43 bits per heavy atom. The van der Waals surface area contributed by atoms with Crippen molar-refractivity contribution >= 4 is 5.69 Å². The fourth-order valence-electron chi connectivity index (χ4n) is 3.16. The first kappa shape index (κ1) is 14.2. The van der Waals surface area contributed by atoms with Crippen LogP contribution >= 0.6 is 0 Å². The Kier molecular flexibility index (Phi) is 4.26. The third-order valence-electron chi connectivity index (χ3n) is 4.43. The van der Waals surface area contributed by atoms with Crippen LogP contribution in [0.4, 0.5) is 5.69 Å². The summed E-state index contributed by atoms with van der Waals surface area (Å²) < 4.78 is 0. The molecule has 1 aliphatic rings. The molecule has 0 aliphatic carbocycles. The van der Waals surface area contributed by atoms with Gasteiger partial charge in [-0.2, -0.15) is 0 Å². The van der Waals surface area contributed by atoms with Crippen LogP contribution in [0.2, 0.25) is 0 Å². The Morgan fingerprint density at radius 2 is 1.81 bits per heavy atom. The molecule has 0 radical (unpaired) electrons. The fourth-order valence-corrected chi connectivity index (χ4v) is 3.16. The molecule has 21 heavy (non-hydrogen) atoms. The Morgan fingerprint density at radius 1 is 1.10 bits per heavy atom. The predicted molar refractivity (Wildman–Crippen MR) is 87.6 cm³/mol. The summed E-state index contributed by atoms with van der Waals surface area (Å²) in [5.74, 6) is 0. The molecule has 2 aromatic rings. The number of hydrogen-bond acceptors (Lipinski definition) is 2. The highest BCUT2D eigenvalue weighted by Crippen LogP contribution is 2.27. The summed E-state index contributed by atoms with van der Waals surface area (Å²) in [6.45, 7) is 3.43. The van der Waals surface area contributed by atoms with Crippen LogP contribution in [-0.2, 0) is 6.42 Å². The summed E-state index contributed by atoms with van der Waals surface area (Å²) in [5, 5.41) is 10.4. The molecule has 0 spiro atoms. The van der Waals surface area contributed by atoms with Gasteiger partial charge in [-0.3, -0.25) is 0 Å². The molecular weight excluding hydrogens is 258 g/mol. The molecule has 2 atom stereocenters. The standard InChI is InChI=1S/C19H23NO/c1-15-6-5-13-20(15)18-11-9-17(10-12-18)19(21)14-16-7-3-2-4-8-16/h2-4,7-12,15,19,21H,5-6,13-14H2,1H3. The lowest BCUT2D eigenvalue weighted by atomic mass is 10.0. The van der Waals surface area contributed by atoms with Crippen molar-refractivity contribution in [2.75, 3.05) is 11.4 Å². The van der Waals surface area contributed by atoms with Gasteiger partial charge < -0.3 is 10.0 Å². The number of hydrogen-bond donors (Lipinski definition) is 1. The molecule has 2 nitrogen and oxygen atoms in total. The number of benzene rings is 2. The first-order valence-electron chi connectivity index (χ1n) is 7.82. The predicted octanol–water partition coefficient (Wildman–Crippen LogP) is 3.95. The summed E-state index contributed by atoms with van der Waals surface area (Å²) in [7, 11) is 0. The molecule has 1 N–H and O–H groups in total. The van der Waals surface area contributed by atoms with Crippen molar-refractivity contribution in [3.05, 3.63) is 65.7 Å². The molecule has 1 saturated heterocycles. The number of anilines is 1. The second-order valence-corrected chi connectivity index (χ2v) is 5.98. The zero-order chi connectivity index (χ0) is 14.7. The summed E-state index contributed by atoms with van der Waals surface area (Å²) >= 11 is 0. The van der Waals surface area contributed by atoms with Crippen LogP contribution in [0.1, 0.15) is 37.0 Å². The summed E-state index contributed by atoms with van der Waals surface area (Å²) in [6.07, 6.45) is 2.79. The van der Waals surface area contributed by atoms with Gasteiger partial charge in [0.25, 0.3) is 0 Å². The van der Waals surface area contributed by atoms with Gasteiger partial charge in [0.15, 0.2) is 0 Å². The topological polar surface area (TPSA) is 23.5 Å². The minimum absolute atomic E-state index is 0.433. The van der Waals surface area contributed by atoms with Crippen LogP contribution < -0.4 is 4.90 Å². The maximum atomic E-state index is 10.4. The zero-order valence-electron chi connectivity index (χ0n) is 12.6. The van der Waals surface area contributed by atoms with Crippen LogP contribution in [0, 0.1) is 0 Å². The highest BCUT2D eigenvalue weighted by atomic mass is 16.3. The molecule has 1 aliphatic heterocycles. The van der Waals surface area contributed by atoms with E-state index in [9.17, 15) is 5.11 Å². The van der Waals surface area contributed by atoms with E-state index in [2.05, 4.69) is 48.2 Å². The average Bonchev–Trinajstić information content (AvgIpc) is 2.94. The van der Waals surface area contributed by atoms with Gasteiger partial charge >= 0.3 is 0 Å². The monoisotopic (exact) mass is 281 g/mol. The van der Waals surface area contributed by atoms with E-state index in [1.807, 2.05) is 18.2 Å². The zero-order valence-corrected chi connectivity index (χ0v) is 12.6. The van der Waals surface area contributed by atoms with Gasteiger partial charge in [-0.1, -0.05) is 42.5 Å². The minimum Gasteiger partial charge on any atom is -0.388 e. The van der Waals surface area contributed by atoms with Crippen molar-refractivity contribution in [2.45, 2.75) is 38.3 Å². The second kappa shape index (κ2) is 6.31. The van der Waals surface area contributed by atoms with Crippen molar-refractivity contribution in [2.24, 2.45) is 0 Å². The van der Waals surface area contributed by atoms with Crippen molar-refractivity contribution in [1.82, 2.24) is 0 Å². The highest BCUT2D eigenvalue weighted by Gasteiger charge is 2.20. The summed E-state index contributed by atoms with van der Waals surface area (Å²) in [4.78, 5) is 2.45. The van der Waals surface area contributed by atoms with E-state index in [-0.39, 0.29) is 0 Å². The third-order valence-corrected chi connectivity index (χ3v) is 4.43. The van der Waals surface area contributed by atoms with E-state index >= 15 is 0 Å². The highest BCUT2D eigenvalue weighted by molar-refractivity contribution is 5.49. The number of aliphatic hydroxyl groups excluding tert-OH is 1. The maximum absolute atomic E-state index is 10.4. The van der Waals surface area contributed by atoms with E-state index in [0.29, 0.717) is 12.5 Å². The minimum atomic E-state index is -0.433. The van der Waals surface area contributed by atoms with Gasteiger partial charge in [-0.15, -0.1) is 0 Å². The molecule has 3 rings (SSSR count). The van der Waals surface area contributed by atoms with Crippen LogP contribution in [0.25, 0.3) is 0 Å². The Bertz CT molecular complexity index is 564. The molecule has 2 aromatic carbocycles. The van der Waals surface area contributed by atoms with Gasteiger partial charge in [0.05, 0.1) is 6.10 Å². The van der Waals surface area contributed by atoms with E-state index in [1.54, 1.807) is 0 Å². The number of rotatable bonds is 4. The molecule has 0 bridgehead atoms. The van der Waals surface area contributed by atoms with Gasteiger partial charge in [0.1, 0.15) is 0 Å². The van der Waals surface area contributed by atoms with Gasteiger partial charge in [-0.05, 0) is 43.0 Å². The van der Waals surface area contributed by atoms with Gasteiger partial charge in [-0.25, -0.2) is 0 Å². The van der Waals surface area contributed by atoms with Crippen molar-refractivity contribution in [3.8, 4) is 0 Å². The SMILES string of the molecule is CC1CCCN1c1ccc(C(O)Cc2ccccc2)cc1. The fraction of sp³-hybridized carbons (Fsp3) is 0.368. The number of nitrogens with zero attached hydrogens (tertiary/aromatic N) is 1. The lowest BCUT2D eigenvalue weighted by Gasteiger charge is -2.24. The van der Waals surface area contributed by atoms with E-state index in [0.717, 1.165) is 12.1 Å². The number of aliphatic hydroxyl groups is 1. The Labute approximate surface area is 127 Å². The lowest BCUT2D eigenvalue weighted by Crippen LogP contribution is -2.26. The van der Waals surface area contributed by atoms with Gasteiger partial charge in [0, 0.05) is 24.7 Å². The van der Waals surface area contributed by atoms with E-state index in [1.165, 1.54) is 24.1 Å². The first-order chi connectivity index (χ1) is 10.2. The van der Waals surface area contributed by atoms with Gasteiger partial charge in [0.2, 0.25) is 0 Å².